The Morgan fingerprint density at radius 2 is 2.31 bits per heavy atom. The van der Waals surface area contributed by atoms with Crippen LogP contribution in [0.3, 0.4) is 0 Å². The van der Waals surface area contributed by atoms with E-state index in [0.717, 1.165) is 17.7 Å². The lowest BCUT2D eigenvalue weighted by atomic mass is 9.87. The van der Waals surface area contributed by atoms with Gasteiger partial charge in [0.2, 0.25) is 0 Å². The zero-order valence-electron chi connectivity index (χ0n) is 9.41. The third-order valence-corrected chi connectivity index (χ3v) is 3.10. The molecule has 0 spiro atoms. The topological polar surface area (TPSA) is 58.6 Å². The number of para-hydroxylation sites is 1. The molecule has 4 heteroatoms. The molecule has 1 aromatic carbocycles. The Hall–Kier alpha value is -1.71. The monoisotopic (exact) mass is 221 g/mol. The average molecular weight is 221 g/mol. The Morgan fingerprint density at radius 3 is 2.94 bits per heavy atom. The highest BCUT2D eigenvalue weighted by Gasteiger charge is 2.37. The molecule has 4 nitrogen and oxygen atoms in total. The summed E-state index contributed by atoms with van der Waals surface area (Å²) >= 11 is 0. The molecular weight excluding hydrogens is 206 g/mol. The molecule has 1 atom stereocenters. The maximum atomic E-state index is 11.2. The predicted octanol–water partition coefficient (Wildman–Crippen LogP) is 1.90. The fourth-order valence-corrected chi connectivity index (χ4v) is 1.98. The third kappa shape index (κ3) is 1.60. The van der Waals surface area contributed by atoms with Gasteiger partial charge in [0.1, 0.15) is 11.3 Å². The number of aliphatic carboxylic acids is 1. The van der Waals surface area contributed by atoms with Crippen molar-refractivity contribution < 1.29 is 14.6 Å². The number of hydrogen-bond acceptors (Lipinski definition) is 3. The number of fused-ring (bicyclic) bond motifs is 1. The van der Waals surface area contributed by atoms with Crippen molar-refractivity contribution in [3.63, 3.8) is 0 Å². The van der Waals surface area contributed by atoms with E-state index >= 15 is 0 Å². The number of carbonyl (C=O) groups is 1. The maximum Gasteiger partial charge on any atom is 0.329 e. The van der Waals surface area contributed by atoms with Gasteiger partial charge in [-0.1, -0.05) is 12.1 Å². The van der Waals surface area contributed by atoms with E-state index in [0.29, 0.717) is 12.2 Å². The van der Waals surface area contributed by atoms with E-state index in [1.807, 2.05) is 18.2 Å². The van der Waals surface area contributed by atoms with Crippen LogP contribution in [0.15, 0.2) is 18.2 Å². The van der Waals surface area contributed by atoms with Crippen molar-refractivity contribution in [1.29, 1.82) is 0 Å². The molecule has 0 aromatic heterocycles. The van der Waals surface area contributed by atoms with Gasteiger partial charge < -0.3 is 15.2 Å². The van der Waals surface area contributed by atoms with Crippen LogP contribution in [0.5, 0.6) is 5.75 Å². The first-order valence-electron chi connectivity index (χ1n) is 5.24. The van der Waals surface area contributed by atoms with E-state index < -0.39 is 11.5 Å². The first kappa shape index (κ1) is 10.8. The molecule has 1 heterocycles. The second-order valence-electron chi connectivity index (χ2n) is 4.26. The lowest BCUT2D eigenvalue weighted by Crippen LogP contribution is -2.46. The molecular formula is C12H15NO3. The fraction of sp³-hybridized carbons (Fsp3) is 0.417. The number of aryl methyl sites for hydroxylation is 1. The van der Waals surface area contributed by atoms with Crippen molar-refractivity contribution in [2.45, 2.75) is 25.3 Å². The van der Waals surface area contributed by atoms with Gasteiger partial charge in [-0.05, 0) is 31.4 Å². The molecule has 86 valence electrons. The van der Waals surface area contributed by atoms with Gasteiger partial charge >= 0.3 is 5.97 Å². The highest BCUT2D eigenvalue weighted by molar-refractivity contribution is 5.84. The second kappa shape index (κ2) is 3.70. The van der Waals surface area contributed by atoms with Gasteiger partial charge in [-0.2, -0.15) is 0 Å². The predicted molar refractivity (Wildman–Crippen MR) is 61.0 cm³/mol. The SMILES string of the molecule is COc1cccc2c1NC(C)(C(=O)O)CC2. The van der Waals surface area contributed by atoms with E-state index in [1.54, 1.807) is 14.0 Å². The lowest BCUT2D eigenvalue weighted by Gasteiger charge is -2.34. The van der Waals surface area contributed by atoms with Crippen LogP contribution < -0.4 is 10.1 Å². The van der Waals surface area contributed by atoms with Gasteiger partial charge in [0, 0.05) is 0 Å². The van der Waals surface area contributed by atoms with Crippen LogP contribution >= 0.6 is 0 Å². The summed E-state index contributed by atoms with van der Waals surface area (Å²) in [5, 5.41) is 12.3. The van der Waals surface area contributed by atoms with Crippen LogP contribution in [0.1, 0.15) is 18.9 Å². The number of anilines is 1. The third-order valence-electron chi connectivity index (χ3n) is 3.10. The summed E-state index contributed by atoms with van der Waals surface area (Å²) in [6.45, 7) is 1.70. The molecule has 0 bridgehead atoms. The first-order chi connectivity index (χ1) is 7.57. The molecule has 0 aliphatic carbocycles. The summed E-state index contributed by atoms with van der Waals surface area (Å²) in [5.74, 6) is -0.131. The van der Waals surface area contributed by atoms with Crippen molar-refractivity contribution in [3.8, 4) is 5.75 Å². The number of carboxylic acid groups (broad SMARTS) is 1. The number of nitrogens with one attached hydrogen (secondary N) is 1. The van der Waals surface area contributed by atoms with Crippen molar-refractivity contribution in [3.05, 3.63) is 23.8 Å². The molecule has 1 aliphatic heterocycles. The Kier molecular flexibility index (Phi) is 2.50. The van der Waals surface area contributed by atoms with E-state index in [-0.39, 0.29) is 0 Å². The Balaban J connectivity index is 2.42. The Morgan fingerprint density at radius 1 is 1.56 bits per heavy atom. The fourth-order valence-electron chi connectivity index (χ4n) is 1.98. The van der Waals surface area contributed by atoms with E-state index in [1.165, 1.54) is 0 Å². The minimum Gasteiger partial charge on any atom is -0.495 e. The smallest absolute Gasteiger partial charge is 0.329 e. The zero-order chi connectivity index (χ0) is 11.8. The number of ether oxygens (including phenoxy) is 1. The van der Waals surface area contributed by atoms with Gasteiger partial charge in [-0.3, -0.25) is 0 Å². The van der Waals surface area contributed by atoms with E-state index in [2.05, 4.69) is 5.32 Å². The molecule has 2 rings (SSSR count). The summed E-state index contributed by atoms with van der Waals surface area (Å²) < 4.78 is 5.23. The van der Waals surface area contributed by atoms with Crippen LogP contribution in [0.4, 0.5) is 5.69 Å². The highest BCUT2D eigenvalue weighted by Crippen LogP contribution is 2.37. The van der Waals surface area contributed by atoms with E-state index in [9.17, 15) is 9.90 Å². The van der Waals surface area contributed by atoms with Gasteiger partial charge in [-0.25, -0.2) is 4.79 Å². The minimum absolute atomic E-state index is 0.586. The molecule has 1 unspecified atom stereocenters. The quantitative estimate of drug-likeness (QED) is 0.800. The molecule has 0 fully saturated rings. The van der Waals surface area contributed by atoms with Crippen molar-refractivity contribution in [2.75, 3.05) is 12.4 Å². The summed E-state index contributed by atoms with van der Waals surface area (Å²) in [6.07, 6.45) is 1.34. The van der Waals surface area contributed by atoms with Crippen molar-refractivity contribution in [2.24, 2.45) is 0 Å². The number of hydrogen-bond donors (Lipinski definition) is 2. The molecule has 0 saturated carbocycles. The van der Waals surface area contributed by atoms with Gasteiger partial charge in [0.15, 0.2) is 0 Å². The number of methoxy groups -OCH3 is 1. The van der Waals surface area contributed by atoms with Crippen LogP contribution in [-0.2, 0) is 11.2 Å². The summed E-state index contributed by atoms with van der Waals surface area (Å²) in [5.41, 5.74) is 1.01. The lowest BCUT2D eigenvalue weighted by molar-refractivity contribution is -0.142. The summed E-state index contributed by atoms with van der Waals surface area (Å²) in [6, 6.07) is 5.74. The minimum atomic E-state index is -0.901. The maximum absolute atomic E-state index is 11.2. The second-order valence-corrected chi connectivity index (χ2v) is 4.26. The Labute approximate surface area is 94.2 Å². The van der Waals surface area contributed by atoms with Crippen molar-refractivity contribution in [1.82, 2.24) is 0 Å². The Bertz CT molecular complexity index is 416. The largest absolute Gasteiger partial charge is 0.495 e. The zero-order valence-corrected chi connectivity index (χ0v) is 9.41. The number of benzene rings is 1. The highest BCUT2D eigenvalue weighted by atomic mass is 16.5. The summed E-state index contributed by atoms with van der Waals surface area (Å²) in [4.78, 5) is 11.2. The number of rotatable bonds is 2. The first-order valence-corrected chi connectivity index (χ1v) is 5.24. The normalized spacial score (nSPS) is 23.1. The van der Waals surface area contributed by atoms with Crippen LogP contribution in [0, 0.1) is 0 Å². The van der Waals surface area contributed by atoms with Gasteiger partial charge in [0.25, 0.3) is 0 Å². The standard InChI is InChI=1S/C12H15NO3/c1-12(11(14)15)7-6-8-4-3-5-9(16-2)10(8)13-12/h3-5,13H,6-7H2,1-2H3,(H,14,15). The van der Waals surface area contributed by atoms with Crippen LogP contribution in [0.25, 0.3) is 0 Å². The van der Waals surface area contributed by atoms with Crippen LogP contribution in [-0.4, -0.2) is 23.7 Å². The number of carboxylic acids is 1. The molecule has 0 amide bonds. The molecule has 2 N–H and O–H groups in total. The van der Waals surface area contributed by atoms with Gasteiger partial charge in [-0.15, -0.1) is 0 Å². The van der Waals surface area contributed by atoms with Crippen molar-refractivity contribution >= 4 is 11.7 Å². The molecule has 1 aliphatic rings. The molecule has 16 heavy (non-hydrogen) atoms. The summed E-state index contributed by atoms with van der Waals surface area (Å²) in [7, 11) is 1.59. The molecule has 0 radical (unpaired) electrons. The molecule has 0 saturated heterocycles. The van der Waals surface area contributed by atoms with Crippen LogP contribution in [0.2, 0.25) is 0 Å². The van der Waals surface area contributed by atoms with Gasteiger partial charge in [0.05, 0.1) is 12.8 Å². The van der Waals surface area contributed by atoms with E-state index in [4.69, 9.17) is 4.74 Å². The average Bonchev–Trinajstić information content (AvgIpc) is 2.28. The molecule has 1 aromatic rings.